The second-order valence-corrected chi connectivity index (χ2v) is 8.17. The second kappa shape index (κ2) is 9.99. The molecule has 0 saturated carbocycles. The average molecular weight is 488 g/mol. The number of rotatable bonds is 8. The minimum absolute atomic E-state index is 0.222. The number of pyridine rings is 1. The molecule has 5 rings (SSSR count). The average Bonchev–Trinajstić information content (AvgIpc) is 3.48. The van der Waals surface area contributed by atoms with Crippen molar-refractivity contribution in [1.82, 2.24) is 19.9 Å². The number of benzene rings is 2. The largest absolute Gasteiger partial charge is 0.413 e. The molecule has 0 unspecified atom stereocenters. The molecule has 5 aromatic rings. The van der Waals surface area contributed by atoms with E-state index in [2.05, 4.69) is 20.3 Å². The van der Waals surface area contributed by atoms with E-state index in [4.69, 9.17) is 25.7 Å². The van der Waals surface area contributed by atoms with Gasteiger partial charge in [0.05, 0.1) is 11.2 Å². The summed E-state index contributed by atoms with van der Waals surface area (Å²) in [4.78, 5) is 15.7. The third-order valence-corrected chi connectivity index (χ3v) is 5.77. The van der Waals surface area contributed by atoms with Crippen LogP contribution in [-0.2, 0) is 11.3 Å². The molecule has 0 N–H and O–H groups in total. The standard InChI is InChI=1S/C26H22ClN5O3/c1-17-23(24(31-33-2)26-30-29-25(35-26)21-8-5-6-15-28-21)20-7-3-4-9-22(20)32(17)34-16-14-18-10-12-19(27)13-11-18/h3-13,15H,14,16H2,1-2H3. The molecule has 176 valence electrons. The fraction of sp³-hybridized carbons (Fsp3) is 0.154. The van der Waals surface area contributed by atoms with Crippen LogP contribution in [0.4, 0.5) is 0 Å². The van der Waals surface area contributed by atoms with Gasteiger partial charge in [-0.05, 0) is 42.8 Å². The molecule has 0 amide bonds. The van der Waals surface area contributed by atoms with Gasteiger partial charge < -0.3 is 14.1 Å². The fourth-order valence-corrected chi connectivity index (χ4v) is 4.03. The lowest BCUT2D eigenvalue weighted by molar-refractivity contribution is 0.118. The van der Waals surface area contributed by atoms with E-state index in [-0.39, 0.29) is 5.89 Å². The van der Waals surface area contributed by atoms with Gasteiger partial charge in [-0.2, -0.15) is 4.73 Å². The van der Waals surface area contributed by atoms with Gasteiger partial charge in [0.25, 0.3) is 11.8 Å². The predicted octanol–water partition coefficient (Wildman–Crippen LogP) is 5.12. The molecule has 0 atom stereocenters. The number of para-hydroxylation sites is 1. The molecule has 0 radical (unpaired) electrons. The van der Waals surface area contributed by atoms with Crippen LogP contribution in [0.3, 0.4) is 0 Å². The highest BCUT2D eigenvalue weighted by Crippen LogP contribution is 2.28. The van der Waals surface area contributed by atoms with Gasteiger partial charge >= 0.3 is 0 Å². The van der Waals surface area contributed by atoms with Crippen LogP contribution < -0.4 is 4.84 Å². The van der Waals surface area contributed by atoms with E-state index in [1.54, 1.807) is 12.3 Å². The summed E-state index contributed by atoms with van der Waals surface area (Å²) in [5.74, 6) is 0.518. The maximum Gasteiger partial charge on any atom is 0.270 e. The summed E-state index contributed by atoms with van der Waals surface area (Å²) in [5.41, 5.74) is 4.63. The third-order valence-electron chi connectivity index (χ3n) is 5.51. The number of aromatic nitrogens is 4. The van der Waals surface area contributed by atoms with Crippen LogP contribution in [0.25, 0.3) is 22.5 Å². The van der Waals surface area contributed by atoms with Crippen molar-refractivity contribution >= 4 is 28.2 Å². The summed E-state index contributed by atoms with van der Waals surface area (Å²) >= 11 is 6.00. The molecule has 3 heterocycles. The Balaban J connectivity index is 1.50. The smallest absolute Gasteiger partial charge is 0.270 e. The van der Waals surface area contributed by atoms with Crippen LogP contribution in [0, 0.1) is 6.92 Å². The molecule has 0 aliphatic carbocycles. The van der Waals surface area contributed by atoms with Crippen LogP contribution >= 0.6 is 11.6 Å². The Morgan fingerprint density at radius 2 is 1.83 bits per heavy atom. The first-order chi connectivity index (χ1) is 17.2. The van der Waals surface area contributed by atoms with Gasteiger partial charge in [-0.1, -0.05) is 53.2 Å². The van der Waals surface area contributed by atoms with E-state index in [1.165, 1.54) is 7.11 Å². The summed E-state index contributed by atoms with van der Waals surface area (Å²) in [6.45, 7) is 2.43. The number of nitrogens with zero attached hydrogens (tertiary/aromatic N) is 5. The van der Waals surface area contributed by atoms with Crippen molar-refractivity contribution in [3.05, 3.63) is 101 Å². The number of hydrogen-bond acceptors (Lipinski definition) is 7. The Hall–Kier alpha value is -4.17. The van der Waals surface area contributed by atoms with E-state index in [1.807, 2.05) is 72.3 Å². The van der Waals surface area contributed by atoms with Gasteiger partial charge in [0.2, 0.25) is 0 Å². The van der Waals surface area contributed by atoms with Gasteiger partial charge in [0, 0.05) is 28.6 Å². The van der Waals surface area contributed by atoms with Crippen LogP contribution in [0.5, 0.6) is 0 Å². The van der Waals surface area contributed by atoms with E-state index < -0.39 is 0 Å². The first-order valence-corrected chi connectivity index (χ1v) is 11.4. The summed E-state index contributed by atoms with van der Waals surface area (Å²) in [6.07, 6.45) is 2.40. The molecule has 0 spiro atoms. The van der Waals surface area contributed by atoms with Crippen molar-refractivity contribution in [2.24, 2.45) is 5.16 Å². The Morgan fingerprint density at radius 3 is 2.60 bits per heavy atom. The van der Waals surface area contributed by atoms with E-state index in [0.29, 0.717) is 28.9 Å². The zero-order valence-electron chi connectivity index (χ0n) is 19.2. The number of hydrogen-bond donors (Lipinski definition) is 0. The van der Waals surface area contributed by atoms with Crippen molar-refractivity contribution in [2.45, 2.75) is 13.3 Å². The SMILES string of the molecule is CON=C(c1nnc(-c2ccccn2)o1)c1c(C)n(OCCc2ccc(Cl)cc2)c2ccccc12. The lowest BCUT2D eigenvalue weighted by Crippen LogP contribution is -2.17. The molecule has 2 aromatic carbocycles. The highest BCUT2D eigenvalue weighted by Gasteiger charge is 2.25. The minimum atomic E-state index is 0.222. The highest BCUT2D eigenvalue weighted by molar-refractivity contribution is 6.30. The van der Waals surface area contributed by atoms with Gasteiger partial charge in [-0.15, -0.1) is 10.2 Å². The normalized spacial score (nSPS) is 11.7. The molecule has 0 saturated heterocycles. The van der Waals surface area contributed by atoms with Crippen LogP contribution in [-0.4, -0.2) is 39.3 Å². The molecular weight excluding hydrogens is 466 g/mol. The first-order valence-electron chi connectivity index (χ1n) is 11.0. The highest BCUT2D eigenvalue weighted by atomic mass is 35.5. The van der Waals surface area contributed by atoms with Crippen LogP contribution in [0.1, 0.15) is 22.7 Å². The number of fused-ring (bicyclic) bond motifs is 1. The molecule has 0 bridgehead atoms. The molecule has 0 aliphatic heterocycles. The Labute approximate surface area is 206 Å². The maximum atomic E-state index is 6.21. The lowest BCUT2D eigenvalue weighted by atomic mass is 10.1. The van der Waals surface area contributed by atoms with Gasteiger partial charge in [0.15, 0.2) is 5.71 Å². The lowest BCUT2D eigenvalue weighted by Gasteiger charge is -2.11. The molecule has 8 nitrogen and oxygen atoms in total. The van der Waals surface area contributed by atoms with E-state index >= 15 is 0 Å². The summed E-state index contributed by atoms with van der Waals surface area (Å²) < 4.78 is 7.75. The van der Waals surface area contributed by atoms with Gasteiger partial charge in [-0.25, -0.2) is 0 Å². The number of oxime groups is 1. The third kappa shape index (κ3) is 4.61. The zero-order chi connectivity index (χ0) is 24.2. The number of halogens is 1. The zero-order valence-corrected chi connectivity index (χ0v) is 19.9. The van der Waals surface area contributed by atoms with Crippen molar-refractivity contribution < 1.29 is 14.1 Å². The summed E-state index contributed by atoms with van der Waals surface area (Å²) in [7, 11) is 1.48. The second-order valence-electron chi connectivity index (χ2n) is 7.73. The first kappa shape index (κ1) is 22.6. The van der Waals surface area contributed by atoms with E-state index in [0.717, 1.165) is 34.1 Å². The molecule has 0 fully saturated rings. The van der Waals surface area contributed by atoms with E-state index in [9.17, 15) is 0 Å². The monoisotopic (exact) mass is 487 g/mol. The van der Waals surface area contributed by atoms with Crippen molar-refractivity contribution in [3.8, 4) is 11.6 Å². The molecule has 9 heteroatoms. The molecule has 3 aromatic heterocycles. The summed E-state index contributed by atoms with van der Waals surface area (Å²) in [5, 5.41) is 14.3. The maximum absolute atomic E-state index is 6.21. The fourth-order valence-electron chi connectivity index (χ4n) is 3.91. The van der Waals surface area contributed by atoms with Gasteiger partial charge in [-0.3, -0.25) is 4.98 Å². The molecular formula is C26H22ClN5O3. The van der Waals surface area contributed by atoms with Crippen LogP contribution in [0.2, 0.25) is 5.02 Å². The Morgan fingerprint density at radius 1 is 1.03 bits per heavy atom. The molecule has 0 aliphatic rings. The minimum Gasteiger partial charge on any atom is -0.413 e. The van der Waals surface area contributed by atoms with Crippen molar-refractivity contribution in [3.63, 3.8) is 0 Å². The quantitative estimate of drug-likeness (QED) is 0.223. The van der Waals surface area contributed by atoms with Gasteiger partial charge in [0.1, 0.15) is 19.4 Å². The Bertz CT molecular complexity index is 1480. The van der Waals surface area contributed by atoms with Crippen LogP contribution in [0.15, 0.2) is 82.5 Å². The topological polar surface area (TPSA) is 87.6 Å². The van der Waals surface area contributed by atoms with Crippen molar-refractivity contribution in [2.75, 3.05) is 13.7 Å². The Kier molecular flexibility index (Phi) is 6.45. The molecule has 35 heavy (non-hydrogen) atoms. The summed E-state index contributed by atoms with van der Waals surface area (Å²) in [6, 6.07) is 21.1. The predicted molar refractivity (Wildman–Crippen MR) is 133 cm³/mol. The van der Waals surface area contributed by atoms with Crippen molar-refractivity contribution in [1.29, 1.82) is 0 Å².